The Hall–Kier alpha value is -2.96. The van der Waals surface area contributed by atoms with Crippen LogP contribution in [0.25, 0.3) is 0 Å². The van der Waals surface area contributed by atoms with Crippen molar-refractivity contribution in [3.63, 3.8) is 0 Å². The largest absolute Gasteiger partial charge is 0.273 e. The molecule has 0 spiro atoms. The number of carbonyl (C=O) groups excluding carboxylic acids is 2. The zero-order valence-electron chi connectivity index (χ0n) is 18.1. The van der Waals surface area contributed by atoms with Gasteiger partial charge in [0.05, 0.1) is 17.4 Å². The van der Waals surface area contributed by atoms with Gasteiger partial charge in [-0.05, 0) is 61.7 Å². The summed E-state index contributed by atoms with van der Waals surface area (Å²) in [6.07, 6.45) is -0.869. The molecule has 2 fully saturated rings. The summed E-state index contributed by atoms with van der Waals surface area (Å²) in [7, 11) is 0. The van der Waals surface area contributed by atoms with Crippen molar-refractivity contribution in [2.45, 2.75) is 32.9 Å². The van der Waals surface area contributed by atoms with E-state index in [2.05, 4.69) is 15.9 Å². The fourth-order valence-electron chi connectivity index (χ4n) is 4.99. The van der Waals surface area contributed by atoms with E-state index in [0.717, 1.165) is 32.4 Å². The van der Waals surface area contributed by atoms with E-state index in [4.69, 9.17) is 4.84 Å². The van der Waals surface area contributed by atoms with Crippen LogP contribution >= 0.6 is 15.9 Å². The summed E-state index contributed by atoms with van der Waals surface area (Å²) in [4.78, 5) is 34.9. The molecule has 2 aliphatic rings. The molecule has 3 aromatic rings. The number of fused-ring (bicyclic) bond motifs is 1. The second-order valence-corrected chi connectivity index (χ2v) is 9.39. The van der Waals surface area contributed by atoms with E-state index in [9.17, 15) is 9.59 Å². The van der Waals surface area contributed by atoms with Gasteiger partial charge in [0.1, 0.15) is 5.92 Å². The molecule has 0 saturated carbocycles. The third kappa shape index (κ3) is 3.26. The molecule has 162 valence electrons. The van der Waals surface area contributed by atoms with Crippen molar-refractivity contribution in [1.82, 2.24) is 0 Å². The highest BCUT2D eigenvalue weighted by Crippen LogP contribution is 2.48. The Balaban J connectivity index is 1.62. The summed E-state index contributed by atoms with van der Waals surface area (Å²) in [5.41, 5.74) is 5.30. The Labute approximate surface area is 195 Å². The van der Waals surface area contributed by atoms with Crippen LogP contribution in [0.3, 0.4) is 0 Å². The molecule has 32 heavy (non-hydrogen) atoms. The first-order valence-electron chi connectivity index (χ1n) is 10.6. The number of benzene rings is 3. The molecule has 2 aliphatic heterocycles. The number of carbonyl (C=O) groups is 2. The van der Waals surface area contributed by atoms with Crippen molar-refractivity contribution in [1.29, 1.82) is 0 Å². The highest BCUT2D eigenvalue weighted by atomic mass is 79.9. The van der Waals surface area contributed by atoms with Gasteiger partial charge in [0.25, 0.3) is 5.91 Å². The molecule has 0 aromatic heterocycles. The van der Waals surface area contributed by atoms with Gasteiger partial charge < -0.3 is 0 Å². The number of imide groups is 1. The molecule has 2 amide bonds. The van der Waals surface area contributed by atoms with E-state index in [1.165, 1.54) is 4.90 Å². The summed E-state index contributed by atoms with van der Waals surface area (Å²) in [6, 6.07) is 21.0. The van der Waals surface area contributed by atoms with Crippen LogP contribution in [0.4, 0.5) is 11.4 Å². The second-order valence-electron chi connectivity index (χ2n) is 8.47. The van der Waals surface area contributed by atoms with Crippen LogP contribution in [-0.4, -0.2) is 17.9 Å². The van der Waals surface area contributed by atoms with Gasteiger partial charge in [0, 0.05) is 4.47 Å². The van der Waals surface area contributed by atoms with Crippen LogP contribution in [-0.2, 0) is 14.4 Å². The molecule has 0 bridgehead atoms. The molecular weight excluding hydrogens is 468 g/mol. The standard InChI is InChI=1S/C26H23BrN2O3/c1-15-12-16(2)22(17(3)13-15)28-25(30)21-23(18-8-7-9-19(27)14-18)29(32-24(21)26(28)31)20-10-5-4-6-11-20/h4-14,21,23-24H,1-3H3/t21-,23-,24+/m1/s1. The quantitative estimate of drug-likeness (QED) is 0.459. The lowest BCUT2D eigenvalue weighted by molar-refractivity contribution is -0.126. The SMILES string of the molecule is Cc1cc(C)c(N2C(=O)[C@H]3[C@H](ON(c4ccccc4)[C@@H]3c3cccc(Br)c3)C2=O)c(C)c1. The van der Waals surface area contributed by atoms with Crippen LogP contribution in [0.15, 0.2) is 71.2 Å². The van der Waals surface area contributed by atoms with Gasteiger partial charge in [-0.25, -0.2) is 9.96 Å². The molecule has 5 rings (SSSR count). The lowest BCUT2D eigenvalue weighted by Crippen LogP contribution is -2.38. The smallest absolute Gasteiger partial charge is 0.266 e. The van der Waals surface area contributed by atoms with Crippen LogP contribution in [0.2, 0.25) is 0 Å². The van der Waals surface area contributed by atoms with Crippen LogP contribution in [0, 0.1) is 26.7 Å². The average molecular weight is 491 g/mol. The normalized spacial score (nSPS) is 22.6. The van der Waals surface area contributed by atoms with E-state index in [0.29, 0.717) is 5.69 Å². The molecule has 2 saturated heterocycles. The maximum absolute atomic E-state index is 13.8. The topological polar surface area (TPSA) is 49.9 Å². The van der Waals surface area contributed by atoms with Gasteiger partial charge >= 0.3 is 0 Å². The summed E-state index contributed by atoms with van der Waals surface area (Å²) in [6.45, 7) is 5.89. The molecule has 0 N–H and O–H groups in total. The number of nitrogens with zero attached hydrogens (tertiary/aromatic N) is 2. The number of amides is 2. The van der Waals surface area contributed by atoms with Crippen LogP contribution in [0.1, 0.15) is 28.3 Å². The summed E-state index contributed by atoms with van der Waals surface area (Å²) >= 11 is 3.54. The highest BCUT2D eigenvalue weighted by molar-refractivity contribution is 9.10. The van der Waals surface area contributed by atoms with E-state index < -0.39 is 18.1 Å². The average Bonchev–Trinajstić information content (AvgIpc) is 3.26. The van der Waals surface area contributed by atoms with Gasteiger partial charge in [-0.2, -0.15) is 0 Å². The Morgan fingerprint density at radius 1 is 0.844 bits per heavy atom. The molecule has 0 aliphatic carbocycles. The molecule has 0 radical (unpaired) electrons. The zero-order valence-corrected chi connectivity index (χ0v) is 19.7. The minimum absolute atomic E-state index is 0.224. The molecule has 3 aromatic carbocycles. The molecule has 6 heteroatoms. The lowest BCUT2D eigenvalue weighted by Gasteiger charge is -2.29. The number of aryl methyl sites for hydroxylation is 3. The van der Waals surface area contributed by atoms with Gasteiger partial charge in [-0.1, -0.05) is 64.0 Å². The minimum Gasteiger partial charge on any atom is -0.273 e. The number of hydrogen-bond donors (Lipinski definition) is 0. The predicted molar refractivity (Wildman–Crippen MR) is 127 cm³/mol. The predicted octanol–water partition coefficient (Wildman–Crippen LogP) is 5.43. The fourth-order valence-corrected chi connectivity index (χ4v) is 5.41. The van der Waals surface area contributed by atoms with Crippen molar-refractivity contribution >= 4 is 39.1 Å². The minimum atomic E-state index is -0.869. The fraction of sp³-hybridized carbons (Fsp3) is 0.231. The molecule has 2 heterocycles. The van der Waals surface area contributed by atoms with E-state index in [-0.39, 0.29) is 11.8 Å². The first-order chi connectivity index (χ1) is 15.4. The van der Waals surface area contributed by atoms with E-state index >= 15 is 0 Å². The Kier molecular flexibility index (Phi) is 5.14. The third-order valence-corrected chi connectivity index (χ3v) is 6.67. The summed E-state index contributed by atoms with van der Waals surface area (Å²) < 4.78 is 0.908. The Bertz CT molecular complexity index is 1200. The Morgan fingerprint density at radius 2 is 1.53 bits per heavy atom. The maximum atomic E-state index is 13.8. The lowest BCUT2D eigenvalue weighted by atomic mass is 9.90. The number of para-hydroxylation sites is 1. The number of hydroxylamine groups is 1. The van der Waals surface area contributed by atoms with Crippen LogP contribution < -0.4 is 9.96 Å². The van der Waals surface area contributed by atoms with E-state index in [1.807, 2.05) is 87.5 Å². The summed E-state index contributed by atoms with van der Waals surface area (Å²) in [5.74, 6) is -1.18. The molecular formula is C26H23BrN2O3. The van der Waals surface area contributed by atoms with Gasteiger partial charge in [-0.3, -0.25) is 14.4 Å². The number of rotatable bonds is 3. The molecule has 3 atom stereocenters. The molecule has 0 unspecified atom stereocenters. The van der Waals surface area contributed by atoms with Crippen molar-refractivity contribution in [2.24, 2.45) is 5.92 Å². The van der Waals surface area contributed by atoms with Gasteiger partial charge in [0.15, 0.2) is 6.10 Å². The van der Waals surface area contributed by atoms with Crippen molar-refractivity contribution in [3.8, 4) is 0 Å². The first-order valence-corrected chi connectivity index (χ1v) is 11.4. The van der Waals surface area contributed by atoms with Crippen LogP contribution in [0.5, 0.6) is 0 Å². The van der Waals surface area contributed by atoms with Crippen molar-refractivity contribution in [3.05, 3.63) is 93.5 Å². The maximum Gasteiger partial charge on any atom is 0.266 e. The second kappa shape index (κ2) is 7.87. The first kappa shape index (κ1) is 20.9. The Morgan fingerprint density at radius 3 is 2.19 bits per heavy atom. The monoisotopic (exact) mass is 490 g/mol. The third-order valence-electron chi connectivity index (χ3n) is 6.18. The highest BCUT2D eigenvalue weighted by Gasteiger charge is 2.60. The number of halogens is 1. The summed E-state index contributed by atoms with van der Waals surface area (Å²) in [5, 5.41) is 1.72. The van der Waals surface area contributed by atoms with Gasteiger partial charge in [-0.15, -0.1) is 0 Å². The molecule has 5 nitrogen and oxygen atoms in total. The number of anilines is 2. The zero-order chi connectivity index (χ0) is 22.6. The van der Waals surface area contributed by atoms with Crippen molar-refractivity contribution in [2.75, 3.05) is 9.96 Å². The van der Waals surface area contributed by atoms with Gasteiger partial charge in [0.2, 0.25) is 5.91 Å². The number of hydrogen-bond acceptors (Lipinski definition) is 4. The van der Waals surface area contributed by atoms with Crippen molar-refractivity contribution < 1.29 is 14.4 Å². The van der Waals surface area contributed by atoms with E-state index in [1.54, 1.807) is 5.06 Å².